The standard InChI is InChI=1S/C25H29F4N3O2/c1-15-10-18(11-16(2)31-15)19-6-7-21(32-8-9-34-22(14-32)25(27,28)29)24(26)20(19)13-30-23(33)12-17-4-3-5-17/h6-7,10-11,17,22H,3-5,8-9,12-14H2,1-2H3,(H,30,33)/t22-/m0/s1. The van der Waals surface area contributed by atoms with E-state index < -0.39 is 24.6 Å². The van der Waals surface area contributed by atoms with E-state index >= 15 is 4.39 Å². The molecule has 1 N–H and O–H groups in total. The number of hydrogen-bond donors (Lipinski definition) is 1. The smallest absolute Gasteiger partial charge is 0.365 e. The molecule has 1 amide bonds. The van der Waals surface area contributed by atoms with Crippen LogP contribution in [-0.4, -0.2) is 42.9 Å². The predicted octanol–water partition coefficient (Wildman–Crippen LogP) is 5.08. The van der Waals surface area contributed by atoms with Crippen molar-refractivity contribution in [3.63, 3.8) is 0 Å². The van der Waals surface area contributed by atoms with E-state index in [1.807, 2.05) is 26.0 Å². The zero-order chi connectivity index (χ0) is 24.5. The van der Waals surface area contributed by atoms with Crippen molar-refractivity contribution in [3.05, 3.63) is 47.0 Å². The Balaban J connectivity index is 1.66. The second-order valence-corrected chi connectivity index (χ2v) is 9.19. The van der Waals surface area contributed by atoms with E-state index in [-0.39, 0.29) is 36.9 Å². The SMILES string of the molecule is Cc1cc(-c2ccc(N3CCO[C@H](C(F)(F)F)C3)c(F)c2CNC(=O)CC2CCC2)cc(C)n1. The van der Waals surface area contributed by atoms with Gasteiger partial charge in [0.05, 0.1) is 18.8 Å². The van der Waals surface area contributed by atoms with Crippen LogP contribution in [0.2, 0.25) is 0 Å². The van der Waals surface area contributed by atoms with Crippen molar-refractivity contribution < 1.29 is 27.1 Å². The Kier molecular flexibility index (Phi) is 7.12. The van der Waals surface area contributed by atoms with Crippen LogP contribution in [0.25, 0.3) is 11.1 Å². The summed E-state index contributed by atoms with van der Waals surface area (Å²) >= 11 is 0. The molecular formula is C25H29F4N3O2. The molecule has 1 saturated heterocycles. The van der Waals surface area contributed by atoms with Gasteiger partial charge in [-0.1, -0.05) is 12.5 Å². The number of carbonyl (C=O) groups excluding carboxylic acids is 1. The Bertz CT molecular complexity index is 1030. The van der Waals surface area contributed by atoms with Crippen LogP contribution in [-0.2, 0) is 16.1 Å². The van der Waals surface area contributed by atoms with Crippen molar-refractivity contribution in [1.29, 1.82) is 0 Å². The Morgan fingerprint density at radius 2 is 1.91 bits per heavy atom. The number of pyridine rings is 1. The van der Waals surface area contributed by atoms with Crippen molar-refractivity contribution in [2.24, 2.45) is 5.92 Å². The van der Waals surface area contributed by atoms with Crippen molar-refractivity contribution in [2.45, 2.75) is 58.4 Å². The summed E-state index contributed by atoms with van der Waals surface area (Å²) in [6.07, 6.45) is -2.93. The normalized spacial score (nSPS) is 19.1. The summed E-state index contributed by atoms with van der Waals surface area (Å²) in [7, 11) is 0. The fourth-order valence-corrected chi connectivity index (χ4v) is 4.57. The number of aryl methyl sites for hydroxylation is 2. The molecule has 9 heteroatoms. The molecule has 2 aliphatic rings. The first-order valence-electron chi connectivity index (χ1n) is 11.6. The number of benzene rings is 1. The minimum Gasteiger partial charge on any atom is -0.365 e. The van der Waals surface area contributed by atoms with Gasteiger partial charge >= 0.3 is 6.18 Å². The number of halogens is 4. The van der Waals surface area contributed by atoms with Gasteiger partial charge in [0.25, 0.3) is 0 Å². The number of alkyl halides is 3. The predicted molar refractivity (Wildman–Crippen MR) is 121 cm³/mol. The number of hydrogen-bond acceptors (Lipinski definition) is 4. The Labute approximate surface area is 196 Å². The van der Waals surface area contributed by atoms with Gasteiger partial charge < -0.3 is 15.0 Å². The number of nitrogens with zero attached hydrogens (tertiary/aromatic N) is 2. The molecule has 5 nitrogen and oxygen atoms in total. The molecule has 0 unspecified atom stereocenters. The second-order valence-electron chi connectivity index (χ2n) is 9.19. The summed E-state index contributed by atoms with van der Waals surface area (Å²) in [5.74, 6) is -0.406. The van der Waals surface area contributed by atoms with Crippen LogP contribution < -0.4 is 10.2 Å². The Hall–Kier alpha value is -2.68. The van der Waals surface area contributed by atoms with Gasteiger partial charge in [0, 0.05) is 36.5 Å². The molecule has 34 heavy (non-hydrogen) atoms. The zero-order valence-electron chi connectivity index (χ0n) is 19.3. The molecule has 1 aromatic heterocycles. The minimum atomic E-state index is -4.53. The van der Waals surface area contributed by atoms with Gasteiger partial charge in [-0.15, -0.1) is 0 Å². The molecule has 0 bridgehead atoms. The van der Waals surface area contributed by atoms with E-state index in [0.29, 0.717) is 17.9 Å². The zero-order valence-corrected chi connectivity index (χ0v) is 19.3. The maximum Gasteiger partial charge on any atom is 0.416 e. The Morgan fingerprint density at radius 1 is 1.21 bits per heavy atom. The quantitative estimate of drug-likeness (QED) is 0.588. The largest absolute Gasteiger partial charge is 0.416 e. The first-order valence-corrected chi connectivity index (χ1v) is 11.6. The highest BCUT2D eigenvalue weighted by Crippen LogP contribution is 2.35. The fraction of sp³-hybridized carbons (Fsp3) is 0.520. The van der Waals surface area contributed by atoms with Crippen molar-refractivity contribution in [2.75, 3.05) is 24.6 Å². The van der Waals surface area contributed by atoms with Gasteiger partial charge in [-0.3, -0.25) is 9.78 Å². The lowest BCUT2D eigenvalue weighted by Gasteiger charge is -2.36. The molecule has 1 aromatic carbocycles. The lowest BCUT2D eigenvalue weighted by Crippen LogP contribution is -2.49. The van der Waals surface area contributed by atoms with Crippen molar-refractivity contribution >= 4 is 11.6 Å². The lowest BCUT2D eigenvalue weighted by molar-refractivity contribution is -0.221. The summed E-state index contributed by atoms with van der Waals surface area (Å²) < 4.78 is 60.4. The van der Waals surface area contributed by atoms with Crippen LogP contribution in [0.1, 0.15) is 42.6 Å². The molecule has 4 rings (SSSR count). The topological polar surface area (TPSA) is 54.5 Å². The third-order valence-corrected chi connectivity index (χ3v) is 6.55. The van der Waals surface area contributed by atoms with Gasteiger partial charge in [-0.25, -0.2) is 4.39 Å². The number of morpholine rings is 1. The van der Waals surface area contributed by atoms with Gasteiger partial charge in [0.2, 0.25) is 5.91 Å². The third-order valence-electron chi connectivity index (χ3n) is 6.55. The number of amides is 1. The van der Waals surface area contributed by atoms with E-state index in [2.05, 4.69) is 10.3 Å². The second kappa shape index (κ2) is 9.90. The number of anilines is 1. The summed E-state index contributed by atoms with van der Waals surface area (Å²) in [4.78, 5) is 18.2. The molecule has 1 atom stereocenters. The minimum absolute atomic E-state index is 0.0476. The number of carbonyl (C=O) groups is 1. The maximum atomic E-state index is 15.9. The van der Waals surface area contributed by atoms with Crippen LogP contribution in [0, 0.1) is 25.6 Å². The molecule has 0 spiro atoms. The van der Waals surface area contributed by atoms with E-state index in [1.54, 1.807) is 6.07 Å². The molecule has 0 radical (unpaired) electrons. The van der Waals surface area contributed by atoms with Gasteiger partial charge in [-0.05, 0) is 61.9 Å². The van der Waals surface area contributed by atoms with Crippen LogP contribution in [0.4, 0.5) is 23.2 Å². The highest BCUT2D eigenvalue weighted by Gasteiger charge is 2.43. The maximum absolute atomic E-state index is 15.9. The van der Waals surface area contributed by atoms with E-state index in [4.69, 9.17) is 4.74 Å². The molecule has 2 aromatic rings. The fourth-order valence-electron chi connectivity index (χ4n) is 4.57. The molecule has 1 saturated carbocycles. The average Bonchev–Trinajstić information content (AvgIpc) is 2.74. The van der Waals surface area contributed by atoms with E-state index in [1.165, 1.54) is 11.0 Å². The first-order chi connectivity index (χ1) is 16.1. The first kappa shape index (κ1) is 24.4. The number of ether oxygens (including phenoxy) is 1. The number of aromatic nitrogens is 1. The summed E-state index contributed by atoms with van der Waals surface area (Å²) in [6.45, 7) is 3.14. The van der Waals surface area contributed by atoms with Crippen LogP contribution in [0.15, 0.2) is 24.3 Å². The molecule has 2 heterocycles. The molecule has 1 aliphatic heterocycles. The van der Waals surface area contributed by atoms with Crippen LogP contribution in [0.3, 0.4) is 0 Å². The summed E-state index contributed by atoms with van der Waals surface area (Å²) in [5.41, 5.74) is 3.18. The number of rotatable bonds is 6. The lowest BCUT2D eigenvalue weighted by atomic mass is 9.83. The molecular weight excluding hydrogens is 450 g/mol. The molecule has 2 fully saturated rings. The van der Waals surface area contributed by atoms with Crippen LogP contribution in [0.5, 0.6) is 0 Å². The summed E-state index contributed by atoms with van der Waals surface area (Å²) in [6, 6.07) is 6.87. The highest BCUT2D eigenvalue weighted by molar-refractivity contribution is 5.77. The number of nitrogens with one attached hydrogen (secondary N) is 1. The third kappa shape index (κ3) is 5.51. The van der Waals surface area contributed by atoms with Crippen LogP contribution >= 0.6 is 0 Å². The van der Waals surface area contributed by atoms with Crippen molar-refractivity contribution in [3.8, 4) is 11.1 Å². The van der Waals surface area contributed by atoms with Gasteiger partial charge in [0.15, 0.2) is 11.9 Å². The Morgan fingerprint density at radius 3 is 2.53 bits per heavy atom. The average molecular weight is 480 g/mol. The monoisotopic (exact) mass is 479 g/mol. The molecule has 184 valence electrons. The van der Waals surface area contributed by atoms with Gasteiger partial charge in [-0.2, -0.15) is 13.2 Å². The summed E-state index contributed by atoms with van der Waals surface area (Å²) in [5, 5.41) is 2.82. The molecule has 1 aliphatic carbocycles. The van der Waals surface area contributed by atoms with E-state index in [0.717, 1.165) is 36.2 Å². The van der Waals surface area contributed by atoms with Gasteiger partial charge in [0.1, 0.15) is 0 Å². The van der Waals surface area contributed by atoms with Crippen molar-refractivity contribution in [1.82, 2.24) is 10.3 Å². The van der Waals surface area contributed by atoms with E-state index in [9.17, 15) is 18.0 Å². The highest BCUT2D eigenvalue weighted by atomic mass is 19.4.